The van der Waals surface area contributed by atoms with Gasteiger partial charge in [0.25, 0.3) is 6.29 Å². The van der Waals surface area contributed by atoms with E-state index in [1.165, 1.54) is 0 Å². The zero-order valence-electron chi connectivity index (χ0n) is 8.88. The average molecular weight is 257 g/mol. The minimum Gasteiger partial charge on any atom is -0.424 e. The summed E-state index contributed by atoms with van der Waals surface area (Å²) < 4.78 is 9.73. The second-order valence-electron chi connectivity index (χ2n) is 3.94. The molecule has 4 nitrogen and oxygen atoms in total. The molecule has 0 saturated carbocycles. The van der Waals surface area contributed by atoms with Gasteiger partial charge in [0.2, 0.25) is 0 Å². The minimum atomic E-state index is -0.977. The number of halogens is 2. The van der Waals surface area contributed by atoms with Crippen LogP contribution in [0.25, 0.3) is 0 Å². The quantitative estimate of drug-likeness (QED) is 0.438. The predicted octanol–water partition coefficient (Wildman–Crippen LogP) is 1.92. The molecule has 0 unspecified atom stereocenters. The van der Waals surface area contributed by atoms with Crippen LogP contribution in [0.3, 0.4) is 0 Å². The van der Waals surface area contributed by atoms with Gasteiger partial charge in [0.1, 0.15) is 11.8 Å². The van der Waals surface area contributed by atoms with Gasteiger partial charge in [-0.1, -0.05) is 20.8 Å². The van der Waals surface area contributed by atoms with E-state index < -0.39 is 23.6 Å². The molecule has 0 aliphatic heterocycles. The molecule has 0 aliphatic carbocycles. The maximum absolute atomic E-state index is 11.0. The Hall–Kier alpha value is -0.480. The second-order valence-corrected chi connectivity index (χ2v) is 4.48. The van der Waals surface area contributed by atoms with E-state index in [0.29, 0.717) is 0 Å². The Morgan fingerprint density at radius 1 is 1.07 bits per heavy atom. The van der Waals surface area contributed by atoms with Crippen LogP contribution in [-0.4, -0.2) is 30.0 Å². The van der Waals surface area contributed by atoms with Crippen molar-refractivity contribution in [2.24, 2.45) is 5.41 Å². The van der Waals surface area contributed by atoms with Crippen LogP contribution in [0.2, 0.25) is 0 Å². The number of ether oxygens (including phenoxy) is 2. The van der Waals surface area contributed by atoms with E-state index in [0.717, 1.165) is 0 Å². The molecule has 0 aliphatic rings. The molecule has 15 heavy (non-hydrogen) atoms. The molecule has 0 aromatic heterocycles. The highest BCUT2D eigenvalue weighted by Gasteiger charge is 2.31. The van der Waals surface area contributed by atoms with Crippen LogP contribution in [0.1, 0.15) is 20.8 Å². The van der Waals surface area contributed by atoms with Crippen molar-refractivity contribution in [3.8, 4) is 0 Å². The van der Waals surface area contributed by atoms with Gasteiger partial charge in [-0.2, -0.15) is 0 Å². The van der Waals surface area contributed by atoms with E-state index in [1.807, 2.05) is 0 Å². The molecule has 0 radical (unpaired) electrons. The summed E-state index contributed by atoms with van der Waals surface area (Å²) in [7, 11) is 0. The van der Waals surface area contributed by atoms with Crippen LogP contribution in [0.5, 0.6) is 0 Å². The second kappa shape index (κ2) is 6.18. The lowest BCUT2D eigenvalue weighted by Crippen LogP contribution is -2.36. The van der Waals surface area contributed by atoms with E-state index in [-0.39, 0.29) is 11.8 Å². The molecular formula is C9H14Cl2O4. The van der Waals surface area contributed by atoms with Gasteiger partial charge in [-0.3, -0.25) is 9.59 Å². The molecule has 0 amide bonds. The van der Waals surface area contributed by atoms with Crippen LogP contribution in [0.15, 0.2) is 0 Å². The number of rotatable bonds is 4. The lowest BCUT2D eigenvalue weighted by Gasteiger charge is -2.28. The topological polar surface area (TPSA) is 52.6 Å². The summed E-state index contributed by atoms with van der Waals surface area (Å²) in [4.78, 5) is 21.9. The molecule has 0 fully saturated rings. The lowest BCUT2D eigenvalue weighted by molar-refractivity contribution is -0.203. The molecule has 88 valence electrons. The van der Waals surface area contributed by atoms with Crippen molar-refractivity contribution in [3.63, 3.8) is 0 Å². The van der Waals surface area contributed by atoms with E-state index >= 15 is 0 Å². The van der Waals surface area contributed by atoms with Gasteiger partial charge in [0.05, 0.1) is 0 Å². The predicted molar refractivity (Wildman–Crippen MR) is 56.9 cm³/mol. The third-order valence-corrected chi connectivity index (χ3v) is 1.84. The molecule has 0 N–H and O–H groups in total. The Morgan fingerprint density at radius 2 is 1.40 bits per heavy atom. The highest BCUT2D eigenvalue weighted by Crippen LogP contribution is 2.23. The fourth-order valence-electron chi connectivity index (χ4n) is 0.679. The largest absolute Gasteiger partial charge is 0.424 e. The molecular weight excluding hydrogens is 243 g/mol. The fraction of sp³-hybridized carbons (Fsp3) is 0.778. The first-order chi connectivity index (χ1) is 6.81. The molecule has 0 aromatic carbocycles. The highest BCUT2D eigenvalue weighted by atomic mass is 35.5. The van der Waals surface area contributed by atoms with Gasteiger partial charge in [-0.05, 0) is 0 Å². The Bertz CT molecular complexity index is 217. The summed E-state index contributed by atoms with van der Waals surface area (Å²) in [6.07, 6.45) is -0.977. The highest BCUT2D eigenvalue weighted by molar-refractivity contribution is 6.26. The van der Waals surface area contributed by atoms with Gasteiger partial charge in [-0.25, -0.2) is 0 Å². The summed E-state index contributed by atoms with van der Waals surface area (Å²) in [5, 5.41) is 0. The SMILES string of the molecule is CC(C)(C)C(OC(=O)CCl)OC(=O)CCl. The van der Waals surface area contributed by atoms with Gasteiger partial charge >= 0.3 is 11.9 Å². The van der Waals surface area contributed by atoms with Crippen molar-refractivity contribution in [3.05, 3.63) is 0 Å². The number of carbonyl (C=O) groups is 2. The maximum Gasteiger partial charge on any atom is 0.323 e. The van der Waals surface area contributed by atoms with Crippen LogP contribution >= 0.6 is 23.2 Å². The zero-order valence-corrected chi connectivity index (χ0v) is 10.4. The van der Waals surface area contributed by atoms with Gasteiger partial charge in [0, 0.05) is 5.41 Å². The van der Waals surface area contributed by atoms with E-state index in [4.69, 9.17) is 32.7 Å². The maximum atomic E-state index is 11.0. The van der Waals surface area contributed by atoms with E-state index in [2.05, 4.69) is 0 Å². The summed E-state index contributed by atoms with van der Waals surface area (Å²) in [5.74, 6) is -1.85. The third kappa shape index (κ3) is 5.85. The Morgan fingerprint density at radius 3 is 1.60 bits per heavy atom. The lowest BCUT2D eigenvalue weighted by atomic mass is 9.96. The molecule has 0 bridgehead atoms. The molecule has 0 rings (SSSR count). The smallest absolute Gasteiger partial charge is 0.323 e. The minimum absolute atomic E-state index is 0.287. The van der Waals surface area contributed by atoms with Crippen LogP contribution < -0.4 is 0 Å². The molecule has 0 heterocycles. The van der Waals surface area contributed by atoms with E-state index in [9.17, 15) is 9.59 Å². The average Bonchev–Trinajstić information content (AvgIpc) is 2.14. The number of alkyl halides is 2. The third-order valence-electron chi connectivity index (χ3n) is 1.40. The number of hydrogen-bond acceptors (Lipinski definition) is 4. The molecule has 0 spiro atoms. The molecule has 0 saturated heterocycles. The number of hydrogen-bond donors (Lipinski definition) is 0. The number of carbonyl (C=O) groups excluding carboxylic acids is 2. The van der Waals surface area contributed by atoms with Gasteiger partial charge in [-0.15, -0.1) is 23.2 Å². The normalized spacial score (nSPS) is 11.3. The first-order valence-corrected chi connectivity index (χ1v) is 5.39. The first kappa shape index (κ1) is 14.5. The van der Waals surface area contributed by atoms with Crippen molar-refractivity contribution >= 4 is 35.1 Å². The van der Waals surface area contributed by atoms with Crippen LogP contribution in [-0.2, 0) is 19.1 Å². The van der Waals surface area contributed by atoms with Crippen LogP contribution in [0, 0.1) is 5.41 Å². The van der Waals surface area contributed by atoms with Crippen LogP contribution in [0.4, 0.5) is 0 Å². The Labute approximate surface area is 98.8 Å². The standard InChI is InChI=1S/C9H14Cl2O4/c1-9(2,3)8(14-6(12)4-10)15-7(13)5-11/h8H,4-5H2,1-3H3. The summed E-state index contributed by atoms with van der Waals surface area (Å²) in [5.41, 5.74) is -0.524. The van der Waals surface area contributed by atoms with Crippen molar-refractivity contribution in [2.75, 3.05) is 11.8 Å². The fourth-order valence-corrected chi connectivity index (χ4v) is 0.805. The van der Waals surface area contributed by atoms with Gasteiger partial charge in [0.15, 0.2) is 0 Å². The number of esters is 2. The molecule has 6 heteroatoms. The van der Waals surface area contributed by atoms with E-state index in [1.54, 1.807) is 20.8 Å². The Kier molecular flexibility index (Phi) is 5.98. The summed E-state index contributed by atoms with van der Waals surface area (Å²) >= 11 is 10.6. The van der Waals surface area contributed by atoms with Gasteiger partial charge < -0.3 is 9.47 Å². The zero-order chi connectivity index (χ0) is 12.1. The molecule has 0 aromatic rings. The van der Waals surface area contributed by atoms with Crippen molar-refractivity contribution in [1.82, 2.24) is 0 Å². The monoisotopic (exact) mass is 256 g/mol. The Balaban J connectivity index is 4.46. The summed E-state index contributed by atoms with van der Waals surface area (Å²) in [6.45, 7) is 5.29. The first-order valence-electron chi connectivity index (χ1n) is 4.32. The van der Waals surface area contributed by atoms with Crippen molar-refractivity contribution < 1.29 is 19.1 Å². The summed E-state index contributed by atoms with van der Waals surface area (Å²) in [6, 6.07) is 0. The molecule has 0 atom stereocenters. The van der Waals surface area contributed by atoms with Crippen molar-refractivity contribution in [2.45, 2.75) is 27.1 Å². The van der Waals surface area contributed by atoms with Crippen molar-refractivity contribution in [1.29, 1.82) is 0 Å².